The molecule has 0 radical (unpaired) electrons. The van der Waals surface area contributed by atoms with Crippen LogP contribution in [0.3, 0.4) is 0 Å². The Morgan fingerprint density at radius 1 is 1.32 bits per heavy atom. The maximum absolute atomic E-state index is 4.89. The molecule has 1 aliphatic rings. The molecule has 1 N–H and O–H groups in total. The van der Waals surface area contributed by atoms with E-state index in [-0.39, 0.29) is 0 Å². The lowest BCUT2D eigenvalue weighted by Crippen LogP contribution is -2.46. The molecule has 1 aromatic heterocycles. The average molecular weight is 339 g/mol. The van der Waals surface area contributed by atoms with Gasteiger partial charge in [-0.2, -0.15) is 5.10 Å². The van der Waals surface area contributed by atoms with E-state index in [0.29, 0.717) is 6.54 Å². The molecule has 5 heteroatoms. The Bertz CT molecular complexity index is 677. The molecule has 0 spiro atoms. The van der Waals surface area contributed by atoms with Gasteiger partial charge in [-0.05, 0) is 42.9 Å². The van der Waals surface area contributed by atoms with Gasteiger partial charge in [0.2, 0.25) is 0 Å². The minimum Gasteiger partial charge on any atom is -0.357 e. The molecule has 5 nitrogen and oxygen atoms in total. The number of hydrogen-bond acceptors (Lipinski definition) is 2. The summed E-state index contributed by atoms with van der Waals surface area (Å²) >= 11 is 0. The van der Waals surface area contributed by atoms with Crippen LogP contribution < -0.4 is 5.32 Å². The largest absolute Gasteiger partial charge is 0.357 e. The fourth-order valence-corrected chi connectivity index (χ4v) is 3.38. The van der Waals surface area contributed by atoms with Crippen molar-refractivity contribution < 1.29 is 0 Å². The van der Waals surface area contributed by atoms with Crippen molar-refractivity contribution in [2.75, 3.05) is 19.6 Å². The van der Waals surface area contributed by atoms with Crippen molar-refractivity contribution in [3.05, 3.63) is 53.9 Å². The Morgan fingerprint density at radius 2 is 2.20 bits per heavy atom. The van der Waals surface area contributed by atoms with Gasteiger partial charge in [-0.25, -0.2) is 4.99 Å². The van der Waals surface area contributed by atoms with E-state index in [1.165, 1.54) is 24.0 Å². The molecule has 1 aromatic carbocycles. The third-order valence-electron chi connectivity index (χ3n) is 4.60. The second kappa shape index (κ2) is 8.70. The Balaban J connectivity index is 1.67. The quantitative estimate of drug-likeness (QED) is 0.672. The minimum atomic E-state index is 0.708. The summed E-state index contributed by atoms with van der Waals surface area (Å²) in [5, 5.41) is 7.74. The highest BCUT2D eigenvalue weighted by atomic mass is 15.3. The van der Waals surface area contributed by atoms with E-state index in [4.69, 9.17) is 4.99 Å². The van der Waals surface area contributed by atoms with Gasteiger partial charge in [-0.1, -0.05) is 31.2 Å². The molecule has 0 amide bonds. The Kier molecular flexibility index (Phi) is 6.09. The number of piperidine rings is 1. The topological polar surface area (TPSA) is 45.5 Å². The first-order valence-corrected chi connectivity index (χ1v) is 9.33. The summed E-state index contributed by atoms with van der Waals surface area (Å²) in [6.45, 7) is 9.08. The second-order valence-electron chi connectivity index (χ2n) is 6.89. The van der Waals surface area contributed by atoms with E-state index in [2.05, 4.69) is 53.4 Å². The number of hydrogen-bond donors (Lipinski definition) is 1. The minimum absolute atomic E-state index is 0.708. The standard InChI is InChI=1S/C20H29N5/c1-3-21-20(24-11-5-7-17(2)15-24)22-14-18-8-4-9-19(13-18)16-25-12-6-10-23-25/h4,6,8-10,12-13,17H,3,5,7,11,14-16H2,1-2H3,(H,21,22). The smallest absolute Gasteiger partial charge is 0.194 e. The maximum Gasteiger partial charge on any atom is 0.194 e. The zero-order chi connectivity index (χ0) is 17.5. The van der Waals surface area contributed by atoms with Crippen molar-refractivity contribution in [3.63, 3.8) is 0 Å². The van der Waals surface area contributed by atoms with Gasteiger partial charge in [-0.3, -0.25) is 4.68 Å². The number of aliphatic imine (C=N–C) groups is 1. The predicted molar refractivity (Wildman–Crippen MR) is 103 cm³/mol. The molecule has 0 saturated carbocycles. The number of rotatable bonds is 5. The Hall–Kier alpha value is -2.30. The monoisotopic (exact) mass is 339 g/mol. The molecule has 0 aliphatic carbocycles. The van der Waals surface area contributed by atoms with E-state index >= 15 is 0 Å². The zero-order valence-corrected chi connectivity index (χ0v) is 15.4. The summed E-state index contributed by atoms with van der Waals surface area (Å²) < 4.78 is 1.95. The van der Waals surface area contributed by atoms with Crippen LogP contribution in [0.5, 0.6) is 0 Å². The molecule has 2 aromatic rings. The highest BCUT2D eigenvalue weighted by Crippen LogP contribution is 2.16. The summed E-state index contributed by atoms with van der Waals surface area (Å²) in [6, 6.07) is 10.6. The summed E-state index contributed by atoms with van der Waals surface area (Å²) in [6.07, 6.45) is 6.39. The number of benzene rings is 1. The molecule has 1 saturated heterocycles. The lowest BCUT2D eigenvalue weighted by molar-refractivity contribution is 0.266. The van der Waals surface area contributed by atoms with Crippen molar-refractivity contribution in [1.82, 2.24) is 20.0 Å². The van der Waals surface area contributed by atoms with Crippen LogP contribution in [-0.2, 0) is 13.1 Å². The van der Waals surface area contributed by atoms with Gasteiger partial charge in [0.25, 0.3) is 0 Å². The van der Waals surface area contributed by atoms with Crippen LogP contribution in [0.1, 0.15) is 37.8 Å². The van der Waals surface area contributed by atoms with E-state index in [9.17, 15) is 0 Å². The highest BCUT2D eigenvalue weighted by molar-refractivity contribution is 5.80. The van der Waals surface area contributed by atoms with Crippen LogP contribution in [0, 0.1) is 5.92 Å². The number of nitrogens with zero attached hydrogens (tertiary/aromatic N) is 4. The Labute approximate surface area is 150 Å². The average Bonchev–Trinajstić information content (AvgIpc) is 3.12. The number of nitrogens with one attached hydrogen (secondary N) is 1. The fourth-order valence-electron chi connectivity index (χ4n) is 3.38. The molecule has 25 heavy (non-hydrogen) atoms. The van der Waals surface area contributed by atoms with Gasteiger partial charge in [0, 0.05) is 32.0 Å². The highest BCUT2D eigenvalue weighted by Gasteiger charge is 2.18. The van der Waals surface area contributed by atoms with Crippen molar-refractivity contribution >= 4 is 5.96 Å². The van der Waals surface area contributed by atoms with Crippen LogP contribution in [0.4, 0.5) is 0 Å². The molecule has 2 heterocycles. The zero-order valence-electron chi connectivity index (χ0n) is 15.4. The lowest BCUT2D eigenvalue weighted by atomic mass is 10.0. The van der Waals surface area contributed by atoms with Crippen LogP contribution in [0.15, 0.2) is 47.7 Å². The predicted octanol–water partition coefficient (Wildman–Crippen LogP) is 3.13. The summed E-state index contributed by atoms with van der Waals surface area (Å²) in [5.41, 5.74) is 2.50. The van der Waals surface area contributed by atoms with E-state index in [0.717, 1.165) is 38.1 Å². The molecule has 3 rings (SSSR count). The van der Waals surface area contributed by atoms with Crippen molar-refractivity contribution in [1.29, 1.82) is 0 Å². The first-order valence-electron chi connectivity index (χ1n) is 9.33. The van der Waals surface area contributed by atoms with Crippen molar-refractivity contribution in [2.45, 2.75) is 39.8 Å². The van der Waals surface area contributed by atoms with Gasteiger partial charge in [0.15, 0.2) is 5.96 Å². The third-order valence-corrected chi connectivity index (χ3v) is 4.60. The van der Waals surface area contributed by atoms with Gasteiger partial charge < -0.3 is 10.2 Å². The number of likely N-dealkylation sites (tertiary alicyclic amines) is 1. The van der Waals surface area contributed by atoms with Gasteiger partial charge in [0.05, 0.1) is 13.1 Å². The molecule has 1 atom stereocenters. The first-order chi connectivity index (χ1) is 12.2. The van der Waals surface area contributed by atoms with E-state index in [1.54, 1.807) is 0 Å². The SMILES string of the molecule is CCNC(=NCc1cccc(Cn2cccn2)c1)N1CCCC(C)C1. The van der Waals surface area contributed by atoms with Gasteiger partial charge in [0.1, 0.15) is 0 Å². The van der Waals surface area contributed by atoms with Crippen LogP contribution >= 0.6 is 0 Å². The lowest BCUT2D eigenvalue weighted by Gasteiger charge is -2.33. The summed E-state index contributed by atoms with van der Waals surface area (Å²) in [5.74, 6) is 1.79. The van der Waals surface area contributed by atoms with Crippen molar-refractivity contribution in [3.8, 4) is 0 Å². The second-order valence-corrected chi connectivity index (χ2v) is 6.89. The molecule has 1 unspecified atom stereocenters. The molecular formula is C20H29N5. The number of aromatic nitrogens is 2. The molecule has 1 fully saturated rings. The molecule has 0 bridgehead atoms. The normalized spacial score (nSPS) is 18.4. The maximum atomic E-state index is 4.89. The molecule has 134 valence electrons. The van der Waals surface area contributed by atoms with Crippen LogP contribution in [-0.4, -0.2) is 40.3 Å². The molecule has 1 aliphatic heterocycles. The third kappa shape index (κ3) is 5.08. The first kappa shape index (κ1) is 17.5. The van der Waals surface area contributed by atoms with Crippen LogP contribution in [0.25, 0.3) is 0 Å². The Morgan fingerprint density at radius 3 is 2.96 bits per heavy atom. The number of guanidine groups is 1. The summed E-state index contributed by atoms with van der Waals surface area (Å²) in [4.78, 5) is 7.30. The molecular weight excluding hydrogens is 310 g/mol. The van der Waals surface area contributed by atoms with E-state index < -0.39 is 0 Å². The summed E-state index contributed by atoms with van der Waals surface area (Å²) in [7, 11) is 0. The van der Waals surface area contributed by atoms with Crippen LogP contribution in [0.2, 0.25) is 0 Å². The van der Waals surface area contributed by atoms with Gasteiger partial charge >= 0.3 is 0 Å². The van der Waals surface area contributed by atoms with E-state index in [1.807, 2.05) is 23.1 Å². The fraction of sp³-hybridized carbons (Fsp3) is 0.500. The van der Waals surface area contributed by atoms with Crippen molar-refractivity contribution in [2.24, 2.45) is 10.9 Å². The van der Waals surface area contributed by atoms with Gasteiger partial charge in [-0.15, -0.1) is 0 Å².